The molecule has 2 nitrogen and oxygen atoms in total. The van der Waals surface area contributed by atoms with Gasteiger partial charge in [-0.2, -0.15) is 0 Å². The summed E-state index contributed by atoms with van der Waals surface area (Å²) in [6.45, 7) is 0. The lowest BCUT2D eigenvalue weighted by Gasteiger charge is -2.05. The van der Waals surface area contributed by atoms with Gasteiger partial charge in [-0.25, -0.2) is 4.79 Å². The Bertz CT molecular complexity index is 218. The Kier molecular flexibility index (Phi) is 1.48. The molecule has 0 amide bonds. The van der Waals surface area contributed by atoms with E-state index in [4.69, 9.17) is 5.11 Å². The molecule has 2 aliphatic rings. The SMILES string of the molecule is O=C(O)C1=C[C@@H]2CCC[C@@H]2C1. The van der Waals surface area contributed by atoms with Gasteiger partial charge in [-0.05, 0) is 31.1 Å². The molecule has 0 aliphatic heterocycles. The number of aliphatic carboxylic acids is 1. The fourth-order valence-corrected chi connectivity index (χ4v) is 2.31. The van der Waals surface area contributed by atoms with Crippen molar-refractivity contribution >= 4 is 5.97 Å². The predicted molar refractivity (Wildman–Crippen MR) is 41.2 cm³/mol. The number of fused-ring (bicyclic) bond motifs is 1. The van der Waals surface area contributed by atoms with E-state index in [0.29, 0.717) is 17.4 Å². The molecular weight excluding hydrogens is 140 g/mol. The third kappa shape index (κ3) is 1.06. The third-order valence-corrected chi connectivity index (χ3v) is 2.89. The minimum atomic E-state index is -0.709. The first-order valence-corrected chi connectivity index (χ1v) is 4.21. The van der Waals surface area contributed by atoms with Gasteiger partial charge < -0.3 is 5.11 Å². The third-order valence-electron chi connectivity index (χ3n) is 2.89. The van der Waals surface area contributed by atoms with Crippen LogP contribution >= 0.6 is 0 Å². The molecule has 60 valence electrons. The zero-order valence-corrected chi connectivity index (χ0v) is 6.42. The summed E-state index contributed by atoms with van der Waals surface area (Å²) in [5.41, 5.74) is 0.653. The molecule has 2 aliphatic carbocycles. The van der Waals surface area contributed by atoms with Crippen LogP contribution in [0.3, 0.4) is 0 Å². The van der Waals surface area contributed by atoms with E-state index in [2.05, 4.69) is 0 Å². The highest BCUT2D eigenvalue weighted by atomic mass is 16.4. The molecule has 0 bridgehead atoms. The van der Waals surface area contributed by atoms with E-state index in [1.807, 2.05) is 6.08 Å². The Hall–Kier alpha value is -0.790. The zero-order chi connectivity index (χ0) is 7.84. The number of carbonyl (C=O) groups is 1. The summed E-state index contributed by atoms with van der Waals surface area (Å²) in [7, 11) is 0. The van der Waals surface area contributed by atoms with Crippen LogP contribution in [0.2, 0.25) is 0 Å². The van der Waals surface area contributed by atoms with Crippen molar-refractivity contribution in [2.75, 3.05) is 0 Å². The average molecular weight is 152 g/mol. The molecule has 2 atom stereocenters. The lowest BCUT2D eigenvalue weighted by Crippen LogP contribution is -2.00. The van der Waals surface area contributed by atoms with Gasteiger partial charge in [0.25, 0.3) is 0 Å². The molecule has 2 rings (SSSR count). The van der Waals surface area contributed by atoms with Crippen LogP contribution in [0.25, 0.3) is 0 Å². The lowest BCUT2D eigenvalue weighted by molar-refractivity contribution is -0.132. The maximum atomic E-state index is 10.6. The van der Waals surface area contributed by atoms with E-state index in [-0.39, 0.29) is 0 Å². The van der Waals surface area contributed by atoms with E-state index in [1.54, 1.807) is 0 Å². The Labute approximate surface area is 65.9 Å². The smallest absolute Gasteiger partial charge is 0.331 e. The molecule has 0 aromatic heterocycles. The van der Waals surface area contributed by atoms with Gasteiger partial charge in [-0.1, -0.05) is 12.5 Å². The van der Waals surface area contributed by atoms with E-state index in [9.17, 15) is 4.79 Å². The van der Waals surface area contributed by atoms with Gasteiger partial charge in [-0.15, -0.1) is 0 Å². The van der Waals surface area contributed by atoms with Crippen LogP contribution in [0.15, 0.2) is 11.6 Å². The highest BCUT2D eigenvalue weighted by Gasteiger charge is 2.33. The summed E-state index contributed by atoms with van der Waals surface area (Å²) in [5, 5.41) is 8.70. The molecule has 1 fully saturated rings. The molecule has 0 aromatic rings. The molecule has 0 radical (unpaired) electrons. The maximum Gasteiger partial charge on any atom is 0.331 e. The normalized spacial score (nSPS) is 35.1. The van der Waals surface area contributed by atoms with Crippen LogP contribution in [0.1, 0.15) is 25.7 Å². The highest BCUT2D eigenvalue weighted by molar-refractivity contribution is 5.87. The quantitative estimate of drug-likeness (QED) is 0.622. The Morgan fingerprint density at radius 3 is 3.00 bits per heavy atom. The summed E-state index contributed by atoms with van der Waals surface area (Å²) >= 11 is 0. The van der Waals surface area contributed by atoms with E-state index < -0.39 is 5.97 Å². The average Bonchev–Trinajstić information content (AvgIpc) is 2.40. The standard InChI is InChI=1S/C9H12O2/c10-9(11)8-4-6-2-1-3-7(6)5-8/h4,6-7H,1-3,5H2,(H,10,11)/t6-,7+/m0/s1. The molecule has 0 saturated heterocycles. The van der Waals surface area contributed by atoms with Gasteiger partial charge in [0.2, 0.25) is 0 Å². The Morgan fingerprint density at radius 1 is 1.55 bits per heavy atom. The van der Waals surface area contributed by atoms with Crippen molar-refractivity contribution in [3.05, 3.63) is 11.6 Å². The van der Waals surface area contributed by atoms with Crippen molar-refractivity contribution in [1.82, 2.24) is 0 Å². The summed E-state index contributed by atoms with van der Waals surface area (Å²) in [6, 6.07) is 0. The molecular formula is C9H12O2. The van der Waals surface area contributed by atoms with E-state index >= 15 is 0 Å². The minimum absolute atomic E-state index is 0.598. The fraction of sp³-hybridized carbons (Fsp3) is 0.667. The van der Waals surface area contributed by atoms with Gasteiger partial charge in [0.15, 0.2) is 0 Å². The second-order valence-corrected chi connectivity index (χ2v) is 3.56. The van der Waals surface area contributed by atoms with Crippen molar-refractivity contribution in [3.8, 4) is 0 Å². The number of hydrogen-bond acceptors (Lipinski definition) is 1. The number of allylic oxidation sites excluding steroid dienone is 1. The highest BCUT2D eigenvalue weighted by Crippen LogP contribution is 2.42. The number of carboxylic acid groups (broad SMARTS) is 1. The van der Waals surface area contributed by atoms with Gasteiger partial charge in [-0.3, -0.25) is 0 Å². The predicted octanol–water partition coefficient (Wildman–Crippen LogP) is 1.82. The van der Waals surface area contributed by atoms with Crippen molar-refractivity contribution in [2.24, 2.45) is 11.8 Å². The molecule has 0 unspecified atom stereocenters. The van der Waals surface area contributed by atoms with Crippen molar-refractivity contribution in [1.29, 1.82) is 0 Å². The van der Waals surface area contributed by atoms with Crippen molar-refractivity contribution in [3.63, 3.8) is 0 Å². The summed E-state index contributed by atoms with van der Waals surface area (Å²) in [6.07, 6.45) is 6.53. The molecule has 0 spiro atoms. The van der Waals surface area contributed by atoms with Crippen molar-refractivity contribution in [2.45, 2.75) is 25.7 Å². The first-order chi connectivity index (χ1) is 5.27. The monoisotopic (exact) mass is 152 g/mol. The van der Waals surface area contributed by atoms with Crippen LogP contribution in [0, 0.1) is 11.8 Å². The van der Waals surface area contributed by atoms with Crippen LogP contribution in [-0.4, -0.2) is 11.1 Å². The van der Waals surface area contributed by atoms with E-state index in [1.165, 1.54) is 19.3 Å². The number of carboxylic acids is 1. The lowest BCUT2D eigenvalue weighted by atomic mass is 10.00. The first-order valence-electron chi connectivity index (χ1n) is 4.21. The minimum Gasteiger partial charge on any atom is -0.478 e. The maximum absolute atomic E-state index is 10.6. The molecule has 1 saturated carbocycles. The van der Waals surface area contributed by atoms with Gasteiger partial charge in [0.05, 0.1) is 0 Å². The fourth-order valence-electron chi connectivity index (χ4n) is 2.31. The summed E-state index contributed by atoms with van der Waals surface area (Å²) < 4.78 is 0. The number of rotatable bonds is 1. The Balaban J connectivity index is 2.13. The summed E-state index contributed by atoms with van der Waals surface area (Å²) in [5.74, 6) is 0.557. The van der Waals surface area contributed by atoms with Crippen LogP contribution in [0.5, 0.6) is 0 Å². The van der Waals surface area contributed by atoms with Crippen LogP contribution < -0.4 is 0 Å². The largest absolute Gasteiger partial charge is 0.478 e. The second kappa shape index (κ2) is 2.36. The van der Waals surface area contributed by atoms with Crippen LogP contribution in [-0.2, 0) is 4.79 Å². The molecule has 1 N–H and O–H groups in total. The summed E-state index contributed by atoms with van der Waals surface area (Å²) in [4.78, 5) is 10.6. The van der Waals surface area contributed by atoms with E-state index in [0.717, 1.165) is 6.42 Å². The zero-order valence-electron chi connectivity index (χ0n) is 6.42. The molecule has 0 heterocycles. The number of hydrogen-bond donors (Lipinski definition) is 1. The molecule has 0 aromatic carbocycles. The van der Waals surface area contributed by atoms with Crippen LogP contribution in [0.4, 0.5) is 0 Å². The molecule has 2 heteroatoms. The Morgan fingerprint density at radius 2 is 2.36 bits per heavy atom. The van der Waals surface area contributed by atoms with Gasteiger partial charge >= 0.3 is 5.97 Å². The topological polar surface area (TPSA) is 37.3 Å². The first kappa shape index (κ1) is 6.89. The second-order valence-electron chi connectivity index (χ2n) is 3.56. The van der Waals surface area contributed by atoms with Gasteiger partial charge in [0.1, 0.15) is 0 Å². The van der Waals surface area contributed by atoms with Crippen molar-refractivity contribution < 1.29 is 9.90 Å². The van der Waals surface area contributed by atoms with Gasteiger partial charge in [0, 0.05) is 5.57 Å². The molecule has 11 heavy (non-hydrogen) atoms.